The molecule has 1 heterocycles. The van der Waals surface area contributed by atoms with Gasteiger partial charge in [-0.2, -0.15) is 0 Å². The van der Waals surface area contributed by atoms with Gasteiger partial charge in [0.2, 0.25) is 0 Å². The van der Waals surface area contributed by atoms with Gasteiger partial charge in [-0.15, -0.1) is 0 Å². The fourth-order valence-electron chi connectivity index (χ4n) is 2.45. The van der Waals surface area contributed by atoms with Gasteiger partial charge in [0.1, 0.15) is 23.5 Å². The molecule has 2 unspecified atom stereocenters. The molecule has 20 heavy (non-hydrogen) atoms. The molecule has 0 saturated heterocycles. The Labute approximate surface area is 124 Å². The summed E-state index contributed by atoms with van der Waals surface area (Å²) in [5.41, 5.74) is 1.70. The van der Waals surface area contributed by atoms with Crippen molar-refractivity contribution in [3.8, 4) is 5.75 Å². The Morgan fingerprint density at radius 1 is 1.20 bits per heavy atom. The Balaban J connectivity index is 1.88. The molecular formula is C16H13BrF2O. The summed E-state index contributed by atoms with van der Waals surface area (Å²) in [6.07, 6.45) is 0.449. The zero-order chi connectivity index (χ0) is 14.3. The summed E-state index contributed by atoms with van der Waals surface area (Å²) in [5.74, 6) is 0.00151. The van der Waals surface area contributed by atoms with Gasteiger partial charge in [0, 0.05) is 12.0 Å². The topological polar surface area (TPSA) is 9.23 Å². The second-order valence-electron chi connectivity index (χ2n) is 4.99. The lowest BCUT2D eigenvalue weighted by Gasteiger charge is -2.19. The zero-order valence-electron chi connectivity index (χ0n) is 10.9. The van der Waals surface area contributed by atoms with Crippen molar-refractivity contribution in [3.05, 3.63) is 64.7 Å². The largest absolute Gasteiger partial charge is 0.488 e. The van der Waals surface area contributed by atoms with Crippen LogP contribution in [0.3, 0.4) is 0 Å². The molecular weight excluding hydrogens is 326 g/mol. The summed E-state index contributed by atoms with van der Waals surface area (Å²) < 4.78 is 33.5. The number of rotatable bonds is 2. The van der Waals surface area contributed by atoms with Crippen LogP contribution in [-0.2, 0) is 6.42 Å². The lowest BCUT2D eigenvalue weighted by atomic mass is 10.0. The Hall–Kier alpha value is -1.42. The minimum absolute atomic E-state index is 0.232. The van der Waals surface area contributed by atoms with Crippen LogP contribution in [0.5, 0.6) is 5.75 Å². The summed E-state index contributed by atoms with van der Waals surface area (Å²) in [5, 5.41) is 0. The van der Waals surface area contributed by atoms with E-state index >= 15 is 0 Å². The number of hydrogen-bond donors (Lipinski definition) is 0. The third-order valence-corrected chi connectivity index (χ3v) is 4.66. The SMILES string of the molecule is Cc1cc(F)c(C(Br)C2Cc3ccccc3O2)cc1F. The highest BCUT2D eigenvalue weighted by molar-refractivity contribution is 9.09. The minimum atomic E-state index is -0.412. The molecule has 1 aliphatic heterocycles. The van der Waals surface area contributed by atoms with Gasteiger partial charge >= 0.3 is 0 Å². The fraction of sp³-hybridized carbons (Fsp3) is 0.250. The van der Waals surface area contributed by atoms with E-state index in [0.717, 1.165) is 11.3 Å². The molecule has 4 heteroatoms. The van der Waals surface area contributed by atoms with Gasteiger partial charge in [0.05, 0.1) is 4.83 Å². The van der Waals surface area contributed by atoms with Gasteiger partial charge in [-0.1, -0.05) is 34.1 Å². The second kappa shape index (κ2) is 5.17. The van der Waals surface area contributed by atoms with Gasteiger partial charge in [0.25, 0.3) is 0 Å². The molecule has 0 fully saturated rings. The molecule has 1 aliphatic rings. The maximum Gasteiger partial charge on any atom is 0.128 e. The van der Waals surface area contributed by atoms with Crippen LogP contribution in [-0.4, -0.2) is 6.10 Å². The lowest BCUT2D eigenvalue weighted by Crippen LogP contribution is -2.20. The van der Waals surface area contributed by atoms with E-state index in [1.54, 1.807) is 6.92 Å². The van der Waals surface area contributed by atoms with Gasteiger partial charge in [-0.25, -0.2) is 8.78 Å². The molecule has 0 N–H and O–H groups in total. The molecule has 3 rings (SSSR count). The first kappa shape index (κ1) is 13.6. The van der Waals surface area contributed by atoms with Gasteiger partial charge in [0.15, 0.2) is 0 Å². The van der Waals surface area contributed by atoms with E-state index in [-0.39, 0.29) is 10.9 Å². The van der Waals surface area contributed by atoms with Crippen molar-refractivity contribution in [1.82, 2.24) is 0 Å². The molecule has 0 aromatic heterocycles. The van der Waals surface area contributed by atoms with Crippen LogP contribution in [0.25, 0.3) is 0 Å². The summed E-state index contributed by atoms with van der Waals surface area (Å²) in [7, 11) is 0. The van der Waals surface area contributed by atoms with E-state index in [1.807, 2.05) is 24.3 Å². The molecule has 0 radical (unpaired) electrons. The highest BCUT2D eigenvalue weighted by atomic mass is 79.9. The monoisotopic (exact) mass is 338 g/mol. The van der Waals surface area contributed by atoms with Crippen molar-refractivity contribution in [3.63, 3.8) is 0 Å². The molecule has 2 aromatic carbocycles. The average molecular weight is 339 g/mol. The van der Waals surface area contributed by atoms with Crippen LogP contribution in [0.2, 0.25) is 0 Å². The van der Waals surface area contributed by atoms with Crippen LogP contribution < -0.4 is 4.74 Å². The predicted molar refractivity (Wildman–Crippen MR) is 77.3 cm³/mol. The molecule has 0 aliphatic carbocycles. The summed E-state index contributed by atoms with van der Waals surface area (Å²) >= 11 is 3.45. The first-order valence-corrected chi connectivity index (χ1v) is 7.32. The van der Waals surface area contributed by atoms with Crippen LogP contribution in [0, 0.1) is 18.6 Å². The van der Waals surface area contributed by atoms with E-state index in [2.05, 4.69) is 15.9 Å². The number of aryl methyl sites for hydroxylation is 1. The Bertz CT molecular complexity index is 632. The normalized spacial score (nSPS) is 18.5. The standard InChI is InChI=1S/C16H13BrF2O/c1-9-6-13(19)11(8-12(9)18)16(17)15-7-10-4-2-3-5-14(10)20-15/h2-6,8,15-16H,7H2,1H3. The van der Waals surface area contributed by atoms with Crippen LogP contribution >= 0.6 is 15.9 Å². The van der Waals surface area contributed by atoms with E-state index in [0.29, 0.717) is 17.5 Å². The van der Waals surface area contributed by atoms with Crippen molar-refractivity contribution in [2.75, 3.05) is 0 Å². The molecule has 2 atom stereocenters. The van der Waals surface area contributed by atoms with Crippen LogP contribution in [0.1, 0.15) is 21.5 Å². The predicted octanol–water partition coefficient (Wildman–Crippen LogP) is 4.71. The zero-order valence-corrected chi connectivity index (χ0v) is 12.5. The fourth-order valence-corrected chi connectivity index (χ4v) is 3.09. The Morgan fingerprint density at radius 2 is 1.95 bits per heavy atom. The highest BCUT2D eigenvalue weighted by Crippen LogP contribution is 2.39. The van der Waals surface area contributed by atoms with Crippen molar-refractivity contribution in [1.29, 1.82) is 0 Å². The van der Waals surface area contributed by atoms with Crippen LogP contribution in [0.4, 0.5) is 8.78 Å². The number of hydrogen-bond acceptors (Lipinski definition) is 1. The molecule has 104 valence electrons. The Kier molecular flexibility index (Phi) is 3.50. The molecule has 0 amide bonds. The Morgan fingerprint density at radius 3 is 2.70 bits per heavy atom. The lowest BCUT2D eigenvalue weighted by molar-refractivity contribution is 0.230. The first-order chi connectivity index (χ1) is 9.56. The molecule has 0 bridgehead atoms. The van der Waals surface area contributed by atoms with E-state index < -0.39 is 11.6 Å². The van der Waals surface area contributed by atoms with Crippen LogP contribution in [0.15, 0.2) is 36.4 Å². The summed E-state index contributed by atoms with van der Waals surface area (Å²) in [4.78, 5) is -0.384. The van der Waals surface area contributed by atoms with Crippen molar-refractivity contribution >= 4 is 15.9 Å². The van der Waals surface area contributed by atoms with E-state index in [4.69, 9.17) is 4.74 Å². The van der Waals surface area contributed by atoms with Gasteiger partial charge < -0.3 is 4.74 Å². The van der Waals surface area contributed by atoms with Crippen molar-refractivity contribution < 1.29 is 13.5 Å². The average Bonchev–Trinajstić information content (AvgIpc) is 2.86. The number of ether oxygens (including phenoxy) is 1. The second-order valence-corrected chi connectivity index (χ2v) is 5.98. The summed E-state index contributed by atoms with van der Waals surface area (Å²) in [6.45, 7) is 1.55. The maximum atomic E-state index is 14.0. The third kappa shape index (κ3) is 2.33. The van der Waals surface area contributed by atoms with Gasteiger partial charge in [-0.3, -0.25) is 0 Å². The van der Waals surface area contributed by atoms with E-state index in [1.165, 1.54) is 12.1 Å². The number of fused-ring (bicyclic) bond motifs is 1. The molecule has 0 spiro atoms. The first-order valence-electron chi connectivity index (χ1n) is 6.40. The molecule has 1 nitrogen and oxygen atoms in total. The van der Waals surface area contributed by atoms with Crippen molar-refractivity contribution in [2.24, 2.45) is 0 Å². The highest BCUT2D eigenvalue weighted by Gasteiger charge is 2.31. The van der Waals surface area contributed by atoms with E-state index in [9.17, 15) is 8.78 Å². The maximum absolute atomic E-state index is 14.0. The van der Waals surface area contributed by atoms with Crippen molar-refractivity contribution in [2.45, 2.75) is 24.3 Å². The number of benzene rings is 2. The molecule has 2 aromatic rings. The van der Waals surface area contributed by atoms with Gasteiger partial charge in [-0.05, 0) is 36.2 Å². The number of para-hydroxylation sites is 1. The quantitative estimate of drug-likeness (QED) is 0.720. The minimum Gasteiger partial charge on any atom is -0.488 e. The number of halogens is 3. The smallest absolute Gasteiger partial charge is 0.128 e. The molecule has 0 saturated carbocycles. The third-order valence-electron chi connectivity index (χ3n) is 3.57. The summed E-state index contributed by atoms with van der Waals surface area (Å²) in [6, 6.07) is 10.2. The number of alkyl halides is 1.